The van der Waals surface area contributed by atoms with Gasteiger partial charge in [0, 0.05) is 23.1 Å². The van der Waals surface area contributed by atoms with E-state index < -0.39 is 32.2 Å². The van der Waals surface area contributed by atoms with Gasteiger partial charge in [-0.2, -0.15) is 0 Å². The molecule has 8 nitrogen and oxygen atoms in total. The highest BCUT2D eigenvalue weighted by atomic mass is 35.5. The number of aromatic nitrogens is 1. The van der Waals surface area contributed by atoms with Gasteiger partial charge in [-0.1, -0.05) is 29.3 Å². The number of H-pyrrole nitrogens is 1. The van der Waals surface area contributed by atoms with Gasteiger partial charge in [-0.25, -0.2) is 8.42 Å². The Balaban J connectivity index is 1.79. The third-order valence-corrected chi connectivity index (χ3v) is 8.12. The van der Waals surface area contributed by atoms with E-state index in [2.05, 4.69) is 4.98 Å². The quantitative estimate of drug-likeness (QED) is 0.479. The van der Waals surface area contributed by atoms with Crippen LogP contribution in [0, 0.1) is 6.92 Å². The van der Waals surface area contributed by atoms with E-state index in [9.17, 15) is 23.1 Å². The minimum atomic E-state index is -4.30. The number of nitrogens with zero attached hydrogens (tertiary/aromatic N) is 1. The Hall–Kier alpha value is -3.01. The maximum absolute atomic E-state index is 13.5. The lowest BCUT2D eigenvalue weighted by atomic mass is 10.0. The lowest BCUT2D eigenvalue weighted by molar-refractivity contribution is 0.0739. The molecule has 34 heavy (non-hydrogen) atoms. The number of rotatable bonds is 4. The van der Waals surface area contributed by atoms with Crippen LogP contribution >= 0.6 is 23.2 Å². The number of aryl methyl sites for hydroxylation is 1. The number of nitrogens with one attached hydrogen (secondary N) is 1. The van der Waals surface area contributed by atoms with E-state index in [-0.39, 0.29) is 38.5 Å². The highest BCUT2D eigenvalue weighted by Gasteiger charge is 2.34. The molecule has 0 unspecified atom stereocenters. The van der Waals surface area contributed by atoms with Crippen LogP contribution in [0.3, 0.4) is 0 Å². The van der Waals surface area contributed by atoms with Crippen molar-refractivity contribution >= 4 is 44.9 Å². The number of aromatic hydroxyl groups is 1. The summed E-state index contributed by atoms with van der Waals surface area (Å²) in [5, 5.41) is 10.1. The Labute approximate surface area is 206 Å². The summed E-state index contributed by atoms with van der Waals surface area (Å²) in [5.41, 5.74) is 6.91. The van der Waals surface area contributed by atoms with Gasteiger partial charge in [-0.3, -0.25) is 9.59 Å². The Kier molecular flexibility index (Phi) is 6.37. The first-order valence-corrected chi connectivity index (χ1v) is 12.6. The highest BCUT2D eigenvalue weighted by Crippen LogP contribution is 2.33. The Morgan fingerprint density at radius 2 is 1.74 bits per heavy atom. The number of phenolic OH excluding ortho intramolecular Hbond substituents is 1. The van der Waals surface area contributed by atoms with Crippen LogP contribution in [0.25, 0.3) is 0 Å². The van der Waals surface area contributed by atoms with E-state index in [1.807, 2.05) is 6.07 Å². The van der Waals surface area contributed by atoms with Crippen LogP contribution in [0.5, 0.6) is 5.75 Å². The van der Waals surface area contributed by atoms with Crippen molar-refractivity contribution in [3.8, 4) is 5.75 Å². The van der Waals surface area contributed by atoms with E-state index in [0.29, 0.717) is 13.0 Å². The molecule has 2 aromatic carbocycles. The molecule has 1 aliphatic heterocycles. The zero-order valence-electron chi connectivity index (χ0n) is 18.1. The zero-order valence-corrected chi connectivity index (χ0v) is 20.4. The average Bonchev–Trinajstić information content (AvgIpc) is 2.97. The van der Waals surface area contributed by atoms with Gasteiger partial charge in [0.25, 0.3) is 11.8 Å². The number of hydrogen-bond donors (Lipinski definition) is 3. The van der Waals surface area contributed by atoms with E-state index >= 15 is 0 Å². The van der Waals surface area contributed by atoms with Crippen LogP contribution in [-0.4, -0.2) is 41.8 Å². The van der Waals surface area contributed by atoms with E-state index in [1.165, 1.54) is 25.1 Å². The fourth-order valence-corrected chi connectivity index (χ4v) is 6.56. The molecule has 3 aromatic rings. The minimum Gasteiger partial charge on any atom is -0.508 e. The molecule has 178 valence electrons. The Morgan fingerprint density at radius 3 is 2.38 bits per heavy atom. The molecule has 0 atom stereocenters. The molecule has 0 fully saturated rings. The molecule has 11 heteroatoms. The van der Waals surface area contributed by atoms with Crippen molar-refractivity contribution in [1.29, 1.82) is 0 Å². The summed E-state index contributed by atoms with van der Waals surface area (Å²) in [6, 6.07) is 8.83. The average molecular weight is 522 g/mol. The molecular formula is C23H21Cl2N3O5S. The predicted octanol–water partition coefficient (Wildman–Crippen LogP) is 3.86. The van der Waals surface area contributed by atoms with Crippen LogP contribution in [-0.2, 0) is 22.8 Å². The number of phenols is 1. The fraction of sp³-hybridized carbons (Fsp3) is 0.217. The van der Waals surface area contributed by atoms with Crippen LogP contribution < -0.4 is 5.73 Å². The summed E-state index contributed by atoms with van der Waals surface area (Å²) in [6.45, 7) is 2.07. The third kappa shape index (κ3) is 4.38. The smallest absolute Gasteiger partial charge is 0.270 e. The van der Waals surface area contributed by atoms with Gasteiger partial charge in [-0.05, 0) is 66.8 Å². The van der Waals surface area contributed by atoms with Gasteiger partial charge >= 0.3 is 0 Å². The van der Waals surface area contributed by atoms with Crippen molar-refractivity contribution in [3.05, 3.63) is 74.5 Å². The van der Waals surface area contributed by atoms with E-state index in [1.54, 1.807) is 17.0 Å². The second-order valence-corrected chi connectivity index (χ2v) is 10.8. The Morgan fingerprint density at radius 1 is 1.06 bits per heavy atom. The number of carbonyl (C=O) groups is 2. The molecule has 0 radical (unpaired) electrons. The zero-order chi connectivity index (χ0) is 24.8. The molecule has 0 aliphatic carbocycles. The van der Waals surface area contributed by atoms with Crippen molar-refractivity contribution in [1.82, 2.24) is 9.88 Å². The van der Waals surface area contributed by atoms with Gasteiger partial charge in [0.15, 0.2) is 0 Å². The van der Waals surface area contributed by atoms with E-state index in [4.69, 9.17) is 28.9 Å². The number of carbonyl (C=O) groups excluding carboxylic acids is 2. The summed E-state index contributed by atoms with van der Waals surface area (Å²) in [4.78, 5) is 29.2. The standard InChI is InChI=1S/C23H21Cl2N3O5S/c1-12-19(23(31)28-6-2-3-13-4-5-17(29)7-14(13)11-28)27-20(22(26)30)21(12)34(32,33)18-9-15(24)8-16(25)10-18/h4-5,7-10,27,29H,2-3,6,11H2,1H3,(H2,26,30). The normalized spacial score (nSPS) is 13.9. The van der Waals surface area contributed by atoms with Gasteiger partial charge in [-0.15, -0.1) is 0 Å². The second-order valence-electron chi connectivity index (χ2n) is 8.09. The van der Waals surface area contributed by atoms with Crippen molar-refractivity contribution < 1.29 is 23.1 Å². The number of hydrogen-bond acceptors (Lipinski definition) is 5. The monoisotopic (exact) mass is 521 g/mol. The summed E-state index contributed by atoms with van der Waals surface area (Å²) in [7, 11) is -4.30. The highest BCUT2D eigenvalue weighted by molar-refractivity contribution is 7.91. The first-order valence-electron chi connectivity index (χ1n) is 10.3. The number of nitrogens with two attached hydrogens (primary N) is 1. The van der Waals surface area contributed by atoms with Gasteiger partial charge in [0.05, 0.1) is 4.90 Å². The molecule has 0 saturated carbocycles. The van der Waals surface area contributed by atoms with Crippen LogP contribution in [0.15, 0.2) is 46.2 Å². The maximum atomic E-state index is 13.5. The number of aromatic amines is 1. The number of benzene rings is 2. The molecule has 1 aliphatic rings. The summed E-state index contributed by atoms with van der Waals surface area (Å²) in [5.74, 6) is -1.42. The minimum absolute atomic E-state index is 0.0518. The number of amides is 2. The molecule has 0 spiro atoms. The van der Waals surface area contributed by atoms with Gasteiger partial charge in [0.1, 0.15) is 22.0 Å². The number of halogens is 2. The first-order chi connectivity index (χ1) is 16.0. The first kappa shape index (κ1) is 24.1. The van der Waals surface area contributed by atoms with Crippen molar-refractivity contribution in [2.75, 3.05) is 6.54 Å². The molecule has 0 saturated heterocycles. The molecule has 0 bridgehead atoms. The van der Waals surface area contributed by atoms with Crippen molar-refractivity contribution in [2.24, 2.45) is 5.73 Å². The topological polar surface area (TPSA) is 134 Å². The Bertz CT molecular complexity index is 1410. The van der Waals surface area contributed by atoms with Gasteiger partial charge in [0.2, 0.25) is 9.84 Å². The molecular weight excluding hydrogens is 501 g/mol. The molecule has 4 rings (SSSR count). The molecule has 2 heterocycles. The summed E-state index contributed by atoms with van der Waals surface area (Å²) < 4.78 is 26.9. The number of sulfone groups is 1. The summed E-state index contributed by atoms with van der Waals surface area (Å²) in [6.07, 6.45) is 1.41. The lowest BCUT2D eigenvalue weighted by Gasteiger charge is -2.21. The fourth-order valence-electron chi connectivity index (χ4n) is 4.18. The van der Waals surface area contributed by atoms with Crippen LogP contribution in [0.1, 0.15) is 44.1 Å². The van der Waals surface area contributed by atoms with Crippen LogP contribution in [0.2, 0.25) is 10.0 Å². The van der Waals surface area contributed by atoms with E-state index in [0.717, 1.165) is 17.5 Å². The van der Waals surface area contributed by atoms with Crippen molar-refractivity contribution in [3.63, 3.8) is 0 Å². The molecule has 1 aromatic heterocycles. The third-order valence-electron chi connectivity index (χ3n) is 5.78. The maximum Gasteiger partial charge on any atom is 0.270 e. The number of fused-ring (bicyclic) bond motifs is 1. The summed E-state index contributed by atoms with van der Waals surface area (Å²) >= 11 is 12.0. The van der Waals surface area contributed by atoms with Gasteiger partial charge < -0.3 is 20.7 Å². The van der Waals surface area contributed by atoms with Crippen LogP contribution in [0.4, 0.5) is 0 Å². The van der Waals surface area contributed by atoms with Crippen molar-refractivity contribution in [2.45, 2.75) is 36.1 Å². The molecule has 4 N–H and O–H groups in total. The lowest BCUT2D eigenvalue weighted by Crippen LogP contribution is -2.31. The molecule has 2 amide bonds. The number of primary amides is 1. The largest absolute Gasteiger partial charge is 0.508 e. The predicted molar refractivity (Wildman–Crippen MR) is 127 cm³/mol. The second kappa shape index (κ2) is 8.98. The SMILES string of the molecule is Cc1c(C(=O)N2CCCc3ccc(O)cc3C2)[nH]c(C(N)=O)c1S(=O)(=O)c1cc(Cl)cc(Cl)c1.